The molecule has 66 valence electrons. The monoisotopic (exact) mass is 166 g/mol. The molecule has 0 saturated carbocycles. The van der Waals surface area contributed by atoms with Crippen LogP contribution in [0.4, 0.5) is 5.95 Å². The van der Waals surface area contributed by atoms with E-state index in [1.54, 1.807) is 0 Å². The molecule has 0 aliphatic carbocycles. The van der Waals surface area contributed by atoms with Crippen molar-refractivity contribution in [3.8, 4) is 0 Å². The number of anilines is 1. The van der Waals surface area contributed by atoms with Crippen LogP contribution in [0.25, 0.3) is 0 Å². The summed E-state index contributed by atoms with van der Waals surface area (Å²) in [6.45, 7) is 6.27. The first-order valence-corrected chi connectivity index (χ1v) is 4.36. The van der Waals surface area contributed by atoms with Crippen molar-refractivity contribution in [1.29, 1.82) is 0 Å². The molecule has 2 rings (SSSR count). The summed E-state index contributed by atoms with van der Waals surface area (Å²) in [5.41, 5.74) is 0. The highest BCUT2D eigenvalue weighted by Crippen LogP contribution is 2.24. The molecule has 1 aliphatic heterocycles. The molecule has 2 atom stereocenters. The topological polar surface area (TPSA) is 42.7 Å². The van der Waals surface area contributed by atoms with Gasteiger partial charge in [-0.1, -0.05) is 0 Å². The quantitative estimate of drug-likeness (QED) is 0.632. The largest absolute Gasteiger partial charge is 0.352 e. The molecule has 1 aromatic rings. The van der Waals surface area contributed by atoms with Gasteiger partial charge in [-0.15, -0.1) is 0 Å². The predicted octanol–water partition coefficient (Wildman–Crippen LogP) is 1.35. The second-order valence-corrected chi connectivity index (χ2v) is 3.56. The summed E-state index contributed by atoms with van der Waals surface area (Å²) >= 11 is 0. The molecule has 4 heteroatoms. The zero-order valence-electron chi connectivity index (χ0n) is 7.70. The minimum Gasteiger partial charge on any atom is -0.352 e. The third-order valence-electron chi connectivity index (χ3n) is 2.22. The highest BCUT2D eigenvalue weighted by Gasteiger charge is 2.22. The van der Waals surface area contributed by atoms with Crippen LogP contribution in [0.3, 0.4) is 0 Å². The van der Waals surface area contributed by atoms with Crippen molar-refractivity contribution in [3.63, 3.8) is 0 Å². The molecule has 4 nitrogen and oxygen atoms in total. The standard InChI is InChI=1S/C8H14N4/c1-5-4-6(2)12-8(9-5)10-7(3)11-12/h5-6H,4H2,1-3H3,(H,9,10,11). The average molecular weight is 166 g/mol. The van der Waals surface area contributed by atoms with Crippen molar-refractivity contribution >= 4 is 5.95 Å². The minimum atomic E-state index is 0.470. The Morgan fingerprint density at radius 2 is 2.25 bits per heavy atom. The van der Waals surface area contributed by atoms with Crippen LogP contribution in [0.2, 0.25) is 0 Å². The fraction of sp³-hybridized carbons (Fsp3) is 0.750. The van der Waals surface area contributed by atoms with Crippen molar-refractivity contribution in [1.82, 2.24) is 14.8 Å². The van der Waals surface area contributed by atoms with E-state index >= 15 is 0 Å². The molecule has 1 aromatic heterocycles. The van der Waals surface area contributed by atoms with Gasteiger partial charge in [0.15, 0.2) is 0 Å². The van der Waals surface area contributed by atoms with E-state index in [9.17, 15) is 0 Å². The van der Waals surface area contributed by atoms with Gasteiger partial charge < -0.3 is 5.32 Å². The molecule has 2 unspecified atom stereocenters. The average Bonchev–Trinajstić information content (AvgIpc) is 2.29. The number of aryl methyl sites for hydroxylation is 1. The second-order valence-electron chi connectivity index (χ2n) is 3.56. The Kier molecular flexibility index (Phi) is 1.56. The molecular formula is C8H14N4. The molecule has 0 saturated heterocycles. The van der Waals surface area contributed by atoms with Crippen molar-refractivity contribution in [2.75, 3.05) is 5.32 Å². The molecule has 0 radical (unpaired) electrons. The third-order valence-corrected chi connectivity index (χ3v) is 2.22. The first kappa shape index (κ1) is 7.58. The maximum atomic E-state index is 4.31. The van der Waals surface area contributed by atoms with Crippen LogP contribution in [0.15, 0.2) is 0 Å². The summed E-state index contributed by atoms with van der Waals surface area (Å²) in [4.78, 5) is 4.29. The molecule has 1 N–H and O–H groups in total. The Morgan fingerprint density at radius 3 is 3.00 bits per heavy atom. The number of rotatable bonds is 0. The van der Waals surface area contributed by atoms with Gasteiger partial charge in [0.1, 0.15) is 5.82 Å². The van der Waals surface area contributed by atoms with Crippen molar-refractivity contribution in [2.45, 2.75) is 39.3 Å². The van der Waals surface area contributed by atoms with Gasteiger partial charge in [0.05, 0.1) is 6.04 Å². The molecule has 0 amide bonds. The summed E-state index contributed by atoms with van der Waals surface area (Å²) in [5.74, 6) is 1.76. The lowest BCUT2D eigenvalue weighted by Crippen LogP contribution is -2.29. The molecule has 0 spiro atoms. The van der Waals surface area contributed by atoms with Crippen LogP contribution in [-0.2, 0) is 0 Å². The summed E-state index contributed by atoms with van der Waals surface area (Å²) in [6.07, 6.45) is 1.12. The summed E-state index contributed by atoms with van der Waals surface area (Å²) in [7, 11) is 0. The first-order chi connectivity index (χ1) is 5.66. The van der Waals surface area contributed by atoms with Gasteiger partial charge in [0.25, 0.3) is 0 Å². The maximum Gasteiger partial charge on any atom is 0.221 e. The SMILES string of the molecule is Cc1nc2n(n1)C(C)CC(C)N2. The fourth-order valence-electron chi connectivity index (χ4n) is 1.73. The number of hydrogen-bond acceptors (Lipinski definition) is 3. The minimum absolute atomic E-state index is 0.470. The van der Waals surface area contributed by atoms with E-state index in [0.29, 0.717) is 12.1 Å². The Morgan fingerprint density at radius 1 is 1.50 bits per heavy atom. The number of nitrogens with one attached hydrogen (secondary N) is 1. The van der Waals surface area contributed by atoms with Crippen LogP contribution in [-0.4, -0.2) is 20.8 Å². The molecule has 1 aliphatic rings. The van der Waals surface area contributed by atoms with Crippen molar-refractivity contribution in [3.05, 3.63) is 5.82 Å². The Hall–Kier alpha value is -1.06. The van der Waals surface area contributed by atoms with Crippen LogP contribution >= 0.6 is 0 Å². The summed E-state index contributed by atoms with van der Waals surface area (Å²) in [5, 5.41) is 7.61. The zero-order valence-corrected chi connectivity index (χ0v) is 7.70. The van der Waals surface area contributed by atoms with Crippen LogP contribution in [0, 0.1) is 6.92 Å². The molecule has 2 heterocycles. The highest BCUT2D eigenvalue weighted by molar-refractivity contribution is 5.29. The lowest BCUT2D eigenvalue weighted by atomic mass is 10.1. The van der Waals surface area contributed by atoms with Gasteiger partial charge in [0.2, 0.25) is 5.95 Å². The van der Waals surface area contributed by atoms with E-state index in [2.05, 4.69) is 29.2 Å². The van der Waals surface area contributed by atoms with Crippen LogP contribution in [0.5, 0.6) is 0 Å². The van der Waals surface area contributed by atoms with Gasteiger partial charge in [-0.05, 0) is 27.2 Å². The molecule has 0 fully saturated rings. The van der Waals surface area contributed by atoms with E-state index in [1.165, 1.54) is 0 Å². The highest BCUT2D eigenvalue weighted by atomic mass is 15.4. The summed E-state index contributed by atoms with van der Waals surface area (Å²) in [6, 6.07) is 0.980. The molecule has 0 aromatic carbocycles. The fourth-order valence-corrected chi connectivity index (χ4v) is 1.73. The van der Waals surface area contributed by atoms with Gasteiger partial charge >= 0.3 is 0 Å². The van der Waals surface area contributed by atoms with E-state index in [1.807, 2.05) is 11.6 Å². The van der Waals surface area contributed by atoms with Gasteiger partial charge in [0, 0.05) is 6.04 Å². The molecule has 0 bridgehead atoms. The number of nitrogens with zero attached hydrogens (tertiary/aromatic N) is 3. The lowest BCUT2D eigenvalue weighted by molar-refractivity contribution is 0.411. The normalized spacial score (nSPS) is 27.9. The molecule has 12 heavy (non-hydrogen) atoms. The van der Waals surface area contributed by atoms with Crippen LogP contribution < -0.4 is 5.32 Å². The Labute approximate surface area is 72.0 Å². The van der Waals surface area contributed by atoms with Crippen molar-refractivity contribution < 1.29 is 0 Å². The predicted molar refractivity (Wildman–Crippen MR) is 47.2 cm³/mol. The van der Waals surface area contributed by atoms with Gasteiger partial charge in [-0.3, -0.25) is 0 Å². The van der Waals surface area contributed by atoms with E-state index < -0.39 is 0 Å². The third kappa shape index (κ3) is 1.07. The lowest BCUT2D eigenvalue weighted by Gasteiger charge is -2.26. The summed E-state index contributed by atoms with van der Waals surface area (Å²) < 4.78 is 1.97. The van der Waals surface area contributed by atoms with E-state index in [4.69, 9.17) is 0 Å². The van der Waals surface area contributed by atoms with E-state index in [0.717, 1.165) is 18.2 Å². The second kappa shape index (κ2) is 2.47. The maximum absolute atomic E-state index is 4.31. The van der Waals surface area contributed by atoms with E-state index in [-0.39, 0.29) is 0 Å². The van der Waals surface area contributed by atoms with Gasteiger partial charge in [-0.2, -0.15) is 10.1 Å². The number of aromatic nitrogens is 3. The van der Waals surface area contributed by atoms with Gasteiger partial charge in [-0.25, -0.2) is 4.68 Å². The van der Waals surface area contributed by atoms with Crippen LogP contribution in [0.1, 0.15) is 32.1 Å². The molecular weight excluding hydrogens is 152 g/mol. The zero-order chi connectivity index (χ0) is 8.72. The number of hydrogen-bond donors (Lipinski definition) is 1. The Bertz CT molecular complexity index is 291. The Balaban J connectivity index is 2.40. The number of fused-ring (bicyclic) bond motifs is 1. The first-order valence-electron chi connectivity index (χ1n) is 4.36. The van der Waals surface area contributed by atoms with Crippen molar-refractivity contribution in [2.24, 2.45) is 0 Å². The smallest absolute Gasteiger partial charge is 0.221 e.